The molecule has 3 fully saturated rings. The van der Waals surface area contributed by atoms with E-state index >= 15 is 0 Å². The summed E-state index contributed by atoms with van der Waals surface area (Å²) in [6.45, 7) is 13.3. The Bertz CT molecular complexity index is 537. The predicted octanol–water partition coefficient (Wildman–Crippen LogP) is 6.97. The third-order valence-electron chi connectivity index (χ3n) is 10.2. The Hall–Kier alpha value is -0.0800. The summed E-state index contributed by atoms with van der Waals surface area (Å²) in [6.07, 6.45) is 14.8. The molecule has 0 aromatic rings. The van der Waals surface area contributed by atoms with Gasteiger partial charge in [0.15, 0.2) is 0 Å². The van der Waals surface area contributed by atoms with Crippen LogP contribution < -0.4 is 0 Å². The Kier molecular flexibility index (Phi) is 7.16. The van der Waals surface area contributed by atoms with E-state index in [2.05, 4.69) is 27.7 Å². The van der Waals surface area contributed by atoms with Crippen molar-refractivity contribution in [2.75, 3.05) is 0 Å². The summed E-state index contributed by atoms with van der Waals surface area (Å²) in [5.74, 6) is 4.43. The highest BCUT2D eigenvalue weighted by Gasteiger charge is 2.57. The topological polar surface area (TPSA) is 40.5 Å². The van der Waals surface area contributed by atoms with E-state index in [1.807, 2.05) is 13.8 Å². The minimum absolute atomic E-state index is 0.378. The molecule has 170 valence electrons. The first-order valence-corrected chi connectivity index (χ1v) is 13.0. The molecule has 0 bridgehead atoms. The lowest BCUT2D eigenvalue weighted by Crippen LogP contribution is -2.47. The zero-order valence-corrected chi connectivity index (χ0v) is 20.3. The van der Waals surface area contributed by atoms with E-state index in [-0.39, 0.29) is 0 Å². The average Bonchev–Trinajstić information content (AvgIpc) is 3.02. The van der Waals surface area contributed by atoms with Crippen LogP contribution in [-0.4, -0.2) is 21.4 Å². The van der Waals surface area contributed by atoms with E-state index in [0.29, 0.717) is 17.3 Å². The fraction of sp³-hybridized carbons (Fsp3) is 1.00. The Labute approximate surface area is 181 Å². The largest absolute Gasteiger partial charge is 0.390 e. The maximum Gasteiger partial charge on any atom is 0.0647 e. The standard InChI is InChI=1S/C27H50O2/c1-7-9-15-27(29,8-2)18-20-10-11-22-21(17-20)14-16-26(6)23(12-13-24(22)26)19(3)25(4,5)28/h19-24,28-29H,7-18H2,1-6H3/t19-,20+,21+,22+,23+,24-,26+,27?/m0/s1. The Morgan fingerprint density at radius 2 is 1.76 bits per heavy atom. The van der Waals surface area contributed by atoms with Gasteiger partial charge in [0.1, 0.15) is 0 Å². The summed E-state index contributed by atoms with van der Waals surface area (Å²) in [4.78, 5) is 0. The molecular formula is C27H50O2. The van der Waals surface area contributed by atoms with Crippen LogP contribution in [0.25, 0.3) is 0 Å². The number of fused-ring (bicyclic) bond motifs is 3. The third kappa shape index (κ3) is 4.74. The minimum Gasteiger partial charge on any atom is -0.390 e. The summed E-state index contributed by atoms with van der Waals surface area (Å²) in [5.41, 5.74) is -0.559. The van der Waals surface area contributed by atoms with E-state index in [0.717, 1.165) is 49.4 Å². The molecule has 3 saturated carbocycles. The molecule has 3 aliphatic carbocycles. The van der Waals surface area contributed by atoms with Crippen molar-refractivity contribution < 1.29 is 10.2 Å². The lowest BCUT2D eigenvalue weighted by molar-refractivity contribution is -0.0767. The summed E-state index contributed by atoms with van der Waals surface area (Å²) < 4.78 is 0. The van der Waals surface area contributed by atoms with E-state index in [1.165, 1.54) is 51.4 Å². The molecule has 2 nitrogen and oxygen atoms in total. The van der Waals surface area contributed by atoms with E-state index < -0.39 is 11.2 Å². The quantitative estimate of drug-likeness (QED) is 0.457. The molecule has 1 unspecified atom stereocenters. The van der Waals surface area contributed by atoms with E-state index in [1.54, 1.807) is 0 Å². The molecule has 0 aromatic heterocycles. The first kappa shape index (κ1) is 23.6. The van der Waals surface area contributed by atoms with Crippen molar-refractivity contribution in [1.82, 2.24) is 0 Å². The summed E-state index contributed by atoms with van der Waals surface area (Å²) in [5, 5.41) is 21.8. The molecule has 0 saturated heterocycles. The van der Waals surface area contributed by atoms with Crippen molar-refractivity contribution in [2.45, 2.75) is 130 Å². The molecule has 3 aliphatic rings. The zero-order valence-electron chi connectivity index (χ0n) is 20.3. The molecule has 0 amide bonds. The van der Waals surface area contributed by atoms with Crippen LogP contribution in [0, 0.1) is 40.9 Å². The van der Waals surface area contributed by atoms with Gasteiger partial charge in [0.2, 0.25) is 0 Å². The van der Waals surface area contributed by atoms with Crippen LogP contribution in [0.1, 0.15) is 119 Å². The minimum atomic E-state index is -0.569. The molecule has 8 atom stereocenters. The summed E-state index contributed by atoms with van der Waals surface area (Å²) in [6, 6.07) is 0. The van der Waals surface area contributed by atoms with Crippen molar-refractivity contribution >= 4 is 0 Å². The number of hydrogen-bond donors (Lipinski definition) is 2. The van der Waals surface area contributed by atoms with Gasteiger partial charge in [-0.25, -0.2) is 0 Å². The predicted molar refractivity (Wildman–Crippen MR) is 123 cm³/mol. The fourth-order valence-corrected chi connectivity index (χ4v) is 8.08. The van der Waals surface area contributed by atoms with Crippen LogP contribution in [0.2, 0.25) is 0 Å². The van der Waals surface area contributed by atoms with E-state index in [4.69, 9.17) is 0 Å². The van der Waals surface area contributed by atoms with Gasteiger partial charge in [0.05, 0.1) is 11.2 Å². The van der Waals surface area contributed by atoms with E-state index in [9.17, 15) is 10.2 Å². The summed E-state index contributed by atoms with van der Waals surface area (Å²) >= 11 is 0. The maximum absolute atomic E-state index is 11.1. The van der Waals surface area contributed by atoms with Crippen LogP contribution in [0.4, 0.5) is 0 Å². The normalized spacial score (nSPS) is 40.8. The van der Waals surface area contributed by atoms with Gasteiger partial charge in [-0.3, -0.25) is 0 Å². The van der Waals surface area contributed by atoms with Crippen molar-refractivity contribution in [3.05, 3.63) is 0 Å². The van der Waals surface area contributed by atoms with Crippen molar-refractivity contribution in [2.24, 2.45) is 40.9 Å². The van der Waals surface area contributed by atoms with Gasteiger partial charge in [-0.05, 0) is 113 Å². The molecule has 0 heterocycles. The molecule has 0 aromatic carbocycles. The van der Waals surface area contributed by atoms with Gasteiger partial charge in [-0.1, -0.05) is 47.0 Å². The number of hydrogen-bond acceptors (Lipinski definition) is 2. The SMILES string of the molecule is CCCCC(O)(CC)C[C@@H]1CC[C@@H]2[C@H](CC[C@]3(C)[C@@H]([C@H](C)C(C)(C)O)CC[C@@H]23)C1. The second-order valence-electron chi connectivity index (χ2n) is 12.3. The second kappa shape index (κ2) is 8.81. The molecule has 29 heavy (non-hydrogen) atoms. The van der Waals surface area contributed by atoms with Crippen molar-refractivity contribution in [3.63, 3.8) is 0 Å². The molecule has 0 radical (unpaired) electrons. The highest BCUT2D eigenvalue weighted by molar-refractivity contribution is 5.06. The number of unbranched alkanes of at least 4 members (excludes halogenated alkanes) is 1. The smallest absolute Gasteiger partial charge is 0.0647 e. The Morgan fingerprint density at radius 3 is 2.38 bits per heavy atom. The lowest BCUT2D eigenvalue weighted by atomic mass is 9.52. The number of aliphatic hydroxyl groups is 2. The highest BCUT2D eigenvalue weighted by Crippen LogP contribution is 2.64. The van der Waals surface area contributed by atoms with Crippen LogP contribution >= 0.6 is 0 Å². The maximum atomic E-state index is 11.1. The van der Waals surface area contributed by atoms with Crippen LogP contribution in [-0.2, 0) is 0 Å². The van der Waals surface area contributed by atoms with Gasteiger partial charge in [0.25, 0.3) is 0 Å². The average molecular weight is 407 g/mol. The van der Waals surface area contributed by atoms with Gasteiger partial charge in [-0.15, -0.1) is 0 Å². The summed E-state index contributed by atoms with van der Waals surface area (Å²) in [7, 11) is 0. The first-order chi connectivity index (χ1) is 13.5. The Morgan fingerprint density at radius 1 is 1.03 bits per heavy atom. The van der Waals surface area contributed by atoms with Crippen molar-refractivity contribution in [3.8, 4) is 0 Å². The van der Waals surface area contributed by atoms with Crippen LogP contribution in [0.15, 0.2) is 0 Å². The lowest BCUT2D eigenvalue weighted by Gasteiger charge is -2.54. The molecule has 0 aliphatic heterocycles. The molecule has 2 N–H and O–H groups in total. The van der Waals surface area contributed by atoms with Crippen LogP contribution in [0.3, 0.4) is 0 Å². The van der Waals surface area contributed by atoms with Crippen LogP contribution in [0.5, 0.6) is 0 Å². The van der Waals surface area contributed by atoms with Gasteiger partial charge >= 0.3 is 0 Å². The van der Waals surface area contributed by atoms with Gasteiger partial charge in [-0.2, -0.15) is 0 Å². The molecule has 3 rings (SSSR count). The number of rotatable bonds is 8. The molecular weight excluding hydrogens is 356 g/mol. The Balaban J connectivity index is 1.64. The highest BCUT2D eigenvalue weighted by atomic mass is 16.3. The second-order valence-corrected chi connectivity index (χ2v) is 12.3. The molecule has 0 spiro atoms. The van der Waals surface area contributed by atoms with Gasteiger partial charge < -0.3 is 10.2 Å². The zero-order chi connectivity index (χ0) is 21.4. The van der Waals surface area contributed by atoms with Crippen molar-refractivity contribution in [1.29, 1.82) is 0 Å². The van der Waals surface area contributed by atoms with Gasteiger partial charge in [0, 0.05) is 0 Å². The fourth-order valence-electron chi connectivity index (χ4n) is 8.08. The molecule has 2 heteroatoms. The third-order valence-corrected chi connectivity index (χ3v) is 10.2. The monoisotopic (exact) mass is 406 g/mol. The first-order valence-electron chi connectivity index (χ1n) is 13.0.